The number of phenols is 3. The summed E-state index contributed by atoms with van der Waals surface area (Å²) in [4.78, 5) is 37.2. The standard InChI is InChI=1S/C45H41N3O.C44H41N3O.C41H45N3O/c1-3-5-26-45(27-6-4-2)37-21-14-22-40(49)42(37)43-38(45)24-25-39(47-43)33-17-13-18-34(30-33)48(41-23-11-12-28-46-41)44-35-19-9-7-15-31(35)29-32-16-8-10-20-36(32)44;1-43(2,3)31-24-30(25-32(26-31)44(4,5)6)37-28-39(36-16-10-11-17-40(36)48)46-42-35(37)22-20-29-19-21-34(27-38(29)42)47(33-14-8-7-9-15-33)41-18-12-13-23-45-41;1-6-8-24-41(25-9-7-2)33-19-14-20-36(45)38(33)39-34(41)21-22-35(43-39)29-15-13-18-32(27-29)44(31-16-11-10-12-17-31)37-28-30(23-26-42-37)40(3,4)5/h7-25,28-30,49H,3-6,26-27H2,1-2H3;7-28,48H,1-6H3;10-23,26-28,45H,6-9,24-25H2,1-5H3. The van der Waals surface area contributed by atoms with Crippen molar-refractivity contribution in [2.24, 2.45) is 0 Å². The molecule has 3 N–H and O–H groups in total. The van der Waals surface area contributed by atoms with Crippen LogP contribution in [0, 0.1) is 0 Å². The largest absolute Gasteiger partial charge is 0.507 e. The maximum Gasteiger partial charge on any atom is 0.137 e. The van der Waals surface area contributed by atoms with Crippen LogP contribution in [0.5, 0.6) is 17.2 Å². The van der Waals surface area contributed by atoms with Crippen molar-refractivity contribution in [3.05, 3.63) is 409 Å². The fourth-order valence-electron chi connectivity index (χ4n) is 21.3. The lowest BCUT2D eigenvalue weighted by Crippen LogP contribution is -2.25. The summed E-state index contributed by atoms with van der Waals surface area (Å²) in [6.07, 6.45) is 18.9. The Kier molecular flexibility index (Phi) is 27.2. The van der Waals surface area contributed by atoms with Gasteiger partial charge < -0.3 is 15.3 Å². The van der Waals surface area contributed by atoms with E-state index in [0.29, 0.717) is 17.1 Å². The Balaban J connectivity index is 0.000000135. The molecule has 0 saturated heterocycles. The molecule has 6 heterocycles. The summed E-state index contributed by atoms with van der Waals surface area (Å²) in [5.74, 6) is 3.40. The first-order valence-electron chi connectivity index (χ1n) is 50.8. The topological polar surface area (TPSA) is 148 Å². The number of fused-ring (bicyclic) bond motifs is 11. The van der Waals surface area contributed by atoms with Gasteiger partial charge in [-0.2, -0.15) is 0 Å². The second-order valence-electron chi connectivity index (χ2n) is 41.4. The van der Waals surface area contributed by atoms with Crippen LogP contribution in [-0.2, 0) is 27.1 Å². The highest BCUT2D eigenvalue weighted by atomic mass is 16.3. The molecular formula is C130H127N9O3. The fraction of sp³-hybridized carbons (Fsp3) is 0.231. The minimum atomic E-state index is -0.131. The Morgan fingerprint density at radius 1 is 0.268 bits per heavy atom. The highest BCUT2D eigenvalue weighted by Crippen LogP contribution is 2.59. The number of benzene rings is 13. The molecule has 13 aromatic carbocycles. The van der Waals surface area contributed by atoms with Crippen LogP contribution in [0.2, 0.25) is 0 Å². The molecule has 0 aliphatic heterocycles. The molecule has 19 aromatic rings. The van der Waals surface area contributed by atoms with Gasteiger partial charge in [0.2, 0.25) is 0 Å². The Morgan fingerprint density at radius 2 is 0.704 bits per heavy atom. The smallest absolute Gasteiger partial charge is 0.137 e. The molecule has 2 aliphatic carbocycles. The molecule has 0 amide bonds. The third-order valence-corrected chi connectivity index (χ3v) is 28.8. The molecule has 21 rings (SSSR count). The number of rotatable bonds is 25. The van der Waals surface area contributed by atoms with Gasteiger partial charge in [-0.25, -0.2) is 29.9 Å². The van der Waals surface area contributed by atoms with E-state index in [0.717, 1.165) is 223 Å². The highest BCUT2D eigenvalue weighted by molar-refractivity contribution is 6.15. The molecule has 2 aliphatic rings. The van der Waals surface area contributed by atoms with Gasteiger partial charge in [-0.15, -0.1) is 0 Å². The second kappa shape index (κ2) is 40.4. The van der Waals surface area contributed by atoms with Crippen molar-refractivity contribution >= 4 is 94.8 Å². The average Bonchev–Trinajstić information content (AvgIpc) is 1.54. The van der Waals surface area contributed by atoms with E-state index in [-0.39, 0.29) is 32.8 Å². The van der Waals surface area contributed by atoms with E-state index in [9.17, 15) is 15.3 Å². The Morgan fingerprint density at radius 3 is 1.20 bits per heavy atom. The highest BCUT2D eigenvalue weighted by Gasteiger charge is 2.46. The van der Waals surface area contributed by atoms with Crippen LogP contribution >= 0.6 is 0 Å². The summed E-state index contributed by atoms with van der Waals surface area (Å²) in [5, 5.41) is 41.4. The number of phenolic OH excluding ortho intramolecular Hbond substituents is 3. The summed E-state index contributed by atoms with van der Waals surface area (Å²) in [5.41, 5.74) is 26.7. The van der Waals surface area contributed by atoms with Gasteiger partial charge in [0, 0.05) is 107 Å². The molecule has 0 fully saturated rings. The number of aromatic hydroxyl groups is 3. The predicted octanol–water partition coefficient (Wildman–Crippen LogP) is 35.4. The van der Waals surface area contributed by atoms with Crippen molar-refractivity contribution in [2.45, 2.75) is 194 Å². The van der Waals surface area contributed by atoms with E-state index in [1.807, 2.05) is 116 Å². The third kappa shape index (κ3) is 18.9. The number of aromatic nitrogens is 6. The van der Waals surface area contributed by atoms with Crippen LogP contribution < -0.4 is 14.7 Å². The van der Waals surface area contributed by atoms with Crippen molar-refractivity contribution < 1.29 is 15.3 Å². The molecule has 12 nitrogen and oxygen atoms in total. The monoisotopic (exact) mass is 1860 g/mol. The van der Waals surface area contributed by atoms with E-state index in [4.69, 9.17) is 29.9 Å². The second-order valence-corrected chi connectivity index (χ2v) is 41.4. The van der Waals surface area contributed by atoms with Gasteiger partial charge in [0.15, 0.2) is 0 Å². The van der Waals surface area contributed by atoms with E-state index in [1.54, 1.807) is 6.07 Å². The van der Waals surface area contributed by atoms with Crippen molar-refractivity contribution in [3.63, 3.8) is 0 Å². The molecule has 0 saturated carbocycles. The normalized spacial score (nSPS) is 12.8. The molecule has 710 valence electrons. The van der Waals surface area contributed by atoms with Gasteiger partial charge in [-0.3, -0.25) is 14.7 Å². The SMILES string of the molecule is CC(C)(C)c1cc(-c2cc(-c3ccccc3O)nc3c2ccc2ccc(N(c4ccccc4)c4ccccn4)cc23)cc(C(C)(C)C)c1.CCCCC1(CCCC)c2ccc(-c3cccc(N(c4ccccc4)c4cc(C(C)(C)C)ccn4)c3)nc2-c2c(O)cccc21.CCCCC1(CCCC)c2ccc(-c3cccc(N(c4ccccn4)c4c5ccccc5cc5ccccc45)c3)nc2-c2c(O)cccc21. The summed E-state index contributed by atoms with van der Waals surface area (Å²) in [6.45, 7) is 29.3. The molecule has 142 heavy (non-hydrogen) atoms. The first-order valence-corrected chi connectivity index (χ1v) is 50.8. The number of pyridine rings is 6. The summed E-state index contributed by atoms with van der Waals surface area (Å²) >= 11 is 0. The molecule has 12 heteroatoms. The van der Waals surface area contributed by atoms with Crippen molar-refractivity contribution in [1.82, 2.24) is 29.9 Å². The number of para-hydroxylation sites is 3. The van der Waals surface area contributed by atoms with E-state index in [1.165, 1.54) is 49.7 Å². The quantitative estimate of drug-likeness (QED) is 0.0370. The Labute approximate surface area is 837 Å². The summed E-state index contributed by atoms with van der Waals surface area (Å²) in [7, 11) is 0. The summed E-state index contributed by atoms with van der Waals surface area (Å²) < 4.78 is 0. The number of hydrogen-bond acceptors (Lipinski definition) is 12. The minimum absolute atomic E-state index is 0.00155. The zero-order chi connectivity index (χ0) is 98.6. The van der Waals surface area contributed by atoms with E-state index < -0.39 is 0 Å². The zero-order valence-electron chi connectivity index (χ0n) is 84.1. The van der Waals surface area contributed by atoms with Gasteiger partial charge in [0.1, 0.15) is 34.7 Å². The van der Waals surface area contributed by atoms with Crippen LogP contribution in [-0.4, -0.2) is 45.2 Å². The number of nitrogens with zero attached hydrogens (tertiary/aromatic N) is 9. The molecule has 0 atom stereocenters. The molecule has 0 radical (unpaired) electrons. The van der Waals surface area contributed by atoms with Gasteiger partial charge in [0.25, 0.3) is 0 Å². The predicted molar refractivity (Wildman–Crippen MR) is 594 cm³/mol. The van der Waals surface area contributed by atoms with Crippen LogP contribution in [0.3, 0.4) is 0 Å². The van der Waals surface area contributed by atoms with Crippen LogP contribution in [0.15, 0.2) is 370 Å². The first kappa shape index (κ1) is 95.5. The number of hydrogen-bond donors (Lipinski definition) is 3. The maximum atomic E-state index is 11.3. The van der Waals surface area contributed by atoms with Crippen LogP contribution in [0.25, 0.3) is 111 Å². The molecule has 0 bridgehead atoms. The molecular weight excluding hydrogens is 1740 g/mol. The van der Waals surface area contributed by atoms with Gasteiger partial charge in [0.05, 0.1) is 39.7 Å². The minimum Gasteiger partial charge on any atom is -0.507 e. The maximum absolute atomic E-state index is 11.3. The lowest BCUT2D eigenvalue weighted by Gasteiger charge is -2.32. The molecule has 0 spiro atoms. The fourth-order valence-corrected chi connectivity index (χ4v) is 21.3. The lowest BCUT2D eigenvalue weighted by molar-refractivity contribution is 0.412. The van der Waals surface area contributed by atoms with Crippen molar-refractivity contribution in [2.75, 3.05) is 14.7 Å². The average molecular weight is 1860 g/mol. The van der Waals surface area contributed by atoms with Crippen molar-refractivity contribution in [1.29, 1.82) is 0 Å². The number of unbranched alkanes of at least 4 members (excludes halogenated alkanes) is 4. The Bertz CT molecular complexity index is 7650. The summed E-state index contributed by atoms with van der Waals surface area (Å²) in [6, 6.07) is 122. The van der Waals surface area contributed by atoms with E-state index in [2.05, 4.69) is 353 Å². The lowest BCUT2D eigenvalue weighted by atomic mass is 9.71. The number of anilines is 9. The molecule has 6 aromatic heterocycles. The van der Waals surface area contributed by atoms with E-state index >= 15 is 0 Å². The zero-order valence-corrected chi connectivity index (χ0v) is 84.1. The first-order chi connectivity index (χ1) is 68.9. The molecule has 0 unspecified atom stereocenters. The Hall–Kier alpha value is -15.4. The van der Waals surface area contributed by atoms with Crippen molar-refractivity contribution in [3.8, 4) is 84.7 Å². The third-order valence-electron chi connectivity index (χ3n) is 28.8. The van der Waals surface area contributed by atoms with Gasteiger partial charge in [-0.1, -0.05) is 348 Å². The van der Waals surface area contributed by atoms with Gasteiger partial charge in [-0.05, 0) is 254 Å². The van der Waals surface area contributed by atoms with Crippen LogP contribution in [0.4, 0.5) is 51.6 Å². The van der Waals surface area contributed by atoms with Crippen LogP contribution in [0.1, 0.15) is 206 Å². The van der Waals surface area contributed by atoms with Gasteiger partial charge >= 0.3 is 0 Å².